The molecule has 1 aromatic carbocycles. The van der Waals surface area contributed by atoms with Crippen LogP contribution < -0.4 is 5.32 Å². The molecule has 0 aromatic heterocycles. The first kappa shape index (κ1) is 14.9. The zero-order chi connectivity index (χ0) is 14.4. The molecule has 1 amide bonds. The summed E-state index contributed by atoms with van der Waals surface area (Å²) in [4.78, 5) is 13.5. The molecule has 0 aliphatic carbocycles. The summed E-state index contributed by atoms with van der Waals surface area (Å²) in [7, 11) is 1.53. The van der Waals surface area contributed by atoms with Crippen molar-refractivity contribution < 1.29 is 13.9 Å². The molecule has 0 radical (unpaired) electrons. The van der Waals surface area contributed by atoms with E-state index in [1.54, 1.807) is 12.1 Å². The maximum absolute atomic E-state index is 13.5. The Morgan fingerprint density at radius 3 is 2.75 bits per heavy atom. The molecule has 0 bridgehead atoms. The van der Waals surface area contributed by atoms with Crippen molar-refractivity contribution in [1.29, 1.82) is 0 Å². The summed E-state index contributed by atoms with van der Waals surface area (Å²) in [5.41, 5.74) is 0.686. The summed E-state index contributed by atoms with van der Waals surface area (Å²) < 4.78 is 18.3. The van der Waals surface area contributed by atoms with Crippen LogP contribution in [0.15, 0.2) is 24.3 Å². The van der Waals surface area contributed by atoms with E-state index in [-0.39, 0.29) is 18.3 Å². The quantitative estimate of drug-likeness (QED) is 0.890. The Labute approximate surface area is 118 Å². The molecule has 1 saturated heterocycles. The minimum atomic E-state index is -0.173. The van der Waals surface area contributed by atoms with Crippen molar-refractivity contribution in [3.8, 4) is 0 Å². The molecule has 0 saturated carbocycles. The van der Waals surface area contributed by atoms with Gasteiger partial charge in [-0.2, -0.15) is 0 Å². The summed E-state index contributed by atoms with van der Waals surface area (Å²) in [5.74, 6) is -0.132. The van der Waals surface area contributed by atoms with Crippen LogP contribution in [0.4, 0.5) is 4.39 Å². The standard InChI is InChI=1S/C15H21FN2O2/c1-20-11-15(19)18-8-6-13(7-9-18)17-10-12-4-2-3-5-14(12)16/h2-5,13,17H,6-11H2,1H3. The molecule has 1 fully saturated rings. The third kappa shape index (κ3) is 4.02. The number of piperidine rings is 1. The van der Waals surface area contributed by atoms with E-state index in [1.165, 1.54) is 13.2 Å². The second kappa shape index (κ2) is 7.36. The summed E-state index contributed by atoms with van der Waals surface area (Å²) in [6, 6.07) is 7.13. The molecule has 2 rings (SSSR count). The van der Waals surface area contributed by atoms with Crippen LogP contribution in [0.1, 0.15) is 18.4 Å². The molecule has 1 heterocycles. The fourth-order valence-electron chi connectivity index (χ4n) is 2.44. The Morgan fingerprint density at radius 2 is 2.10 bits per heavy atom. The van der Waals surface area contributed by atoms with Crippen LogP contribution in [0.2, 0.25) is 0 Å². The first-order valence-electron chi connectivity index (χ1n) is 6.94. The highest BCUT2D eigenvalue weighted by Gasteiger charge is 2.22. The summed E-state index contributed by atoms with van der Waals surface area (Å²) >= 11 is 0. The monoisotopic (exact) mass is 280 g/mol. The van der Waals surface area contributed by atoms with Gasteiger partial charge in [-0.1, -0.05) is 18.2 Å². The molecule has 110 valence electrons. The van der Waals surface area contributed by atoms with Gasteiger partial charge in [0.2, 0.25) is 5.91 Å². The van der Waals surface area contributed by atoms with Gasteiger partial charge in [-0.05, 0) is 18.9 Å². The van der Waals surface area contributed by atoms with Crippen LogP contribution in [-0.4, -0.2) is 43.7 Å². The number of hydrogen-bond acceptors (Lipinski definition) is 3. The second-order valence-corrected chi connectivity index (χ2v) is 5.06. The van der Waals surface area contributed by atoms with Crippen molar-refractivity contribution in [2.24, 2.45) is 0 Å². The van der Waals surface area contributed by atoms with E-state index >= 15 is 0 Å². The zero-order valence-electron chi connectivity index (χ0n) is 11.8. The molecule has 20 heavy (non-hydrogen) atoms. The van der Waals surface area contributed by atoms with Crippen LogP contribution in [0.5, 0.6) is 0 Å². The van der Waals surface area contributed by atoms with Gasteiger partial charge in [0, 0.05) is 38.3 Å². The number of hydrogen-bond donors (Lipinski definition) is 1. The molecule has 0 unspecified atom stereocenters. The van der Waals surface area contributed by atoms with Gasteiger partial charge in [-0.15, -0.1) is 0 Å². The topological polar surface area (TPSA) is 41.6 Å². The lowest BCUT2D eigenvalue weighted by atomic mass is 10.0. The number of rotatable bonds is 5. The van der Waals surface area contributed by atoms with Gasteiger partial charge in [0.15, 0.2) is 0 Å². The normalized spacial score (nSPS) is 16.4. The molecule has 1 N–H and O–H groups in total. The van der Waals surface area contributed by atoms with Crippen molar-refractivity contribution in [3.05, 3.63) is 35.6 Å². The first-order chi connectivity index (χ1) is 9.70. The number of carbonyl (C=O) groups is 1. The predicted octanol–water partition coefficient (Wildman–Crippen LogP) is 1.55. The third-order valence-electron chi connectivity index (χ3n) is 3.65. The van der Waals surface area contributed by atoms with Crippen LogP contribution in [0, 0.1) is 5.82 Å². The summed E-state index contributed by atoms with van der Waals surface area (Å²) in [6.07, 6.45) is 1.79. The van der Waals surface area contributed by atoms with Crippen molar-refractivity contribution in [1.82, 2.24) is 10.2 Å². The smallest absolute Gasteiger partial charge is 0.248 e. The molecule has 4 nitrogen and oxygen atoms in total. The Kier molecular flexibility index (Phi) is 5.49. The van der Waals surface area contributed by atoms with Crippen LogP contribution >= 0.6 is 0 Å². The SMILES string of the molecule is COCC(=O)N1CCC(NCc2ccccc2F)CC1. The number of nitrogens with one attached hydrogen (secondary N) is 1. The summed E-state index contributed by atoms with van der Waals surface area (Å²) in [6.45, 7) is 2.14. The van der Waals surface area contributed by atoms with E-state index in [0.717, 1.165) is 25.9 Å². The lowest BCUT2D eigenvalue weighted by Crippen LogP contribution is -2.45. The van der Waals surface area contributed by atoms with Gasteiger partial charge in [0.05, 0.1) is 0 Å². The number of amides is 1. The Hall–Kier alpha value is -1.46. The highest BCUT2D eigenvalue weighted by Crippen LogP contribution is 2.12. The molecule has 0 spiro atoms. The fraction of sp³-hybridized carbons (Fsp3) is 0.533. The minimum Gasteiger partial charge on any atom is -0.375 e. The number of likely N-dealkylation sites (tertiary alicyclic amines) is 1. The van der Waals surface area contributed by atoms with E-state index in [9.17, 15) is 9.18 Å². The van der Waals surface area contributed by atoms with Crippen molar-refractivity contribution >= 4 is 5.91 Å². The number of nitrogens with zero attached hydrogens (tertiary/aromatic N) is 1. The van der Waals surface area contributed by atoms with Gasteiger partial charge in [-0.3, -0.25) is 4.79 Å². The van der Waals surface area contributed by atoms with Gasteiger partial charge < -0.3 is 15.0 Å². The number of ether oxygens (including phenoxy) is 1. The molecule has 1 aliphatic rings. The highest BCUT2D eigenvalue weighted by atomic mass is 19.1. The lowest BCUT2D eigenvalue weighted by molar-refractivity contribution is -0.136. The molecule has 5 heteroatoms. The number of carbonyl (C=O) groups excluding carboxylic acids is 1. The second-order valence-electron chi connectivity index (χ2n) is 5.06. The zero-order valence-corrected chi connectivity index (χ0v) is 11.8. The van der Waals surface area contributed by atoms with Crippen LogP contribution in [0.25, 0.3) is 0 Å². The Morgan fingerprint density at radius 1 is 1.40 bits per heavy atom. The maximum Gasteiger partial charge on any atom is 0.248 e. The van der Waals surface area contributed by atoms with E-state index in [1.807, 2.05) is 11.0 Å². The van der Waals surface area contributed by atoms with Crippen molar-refractivity contribution in [2.45, 2.75) is 25.4 Å². The largest absolute Gasteiger partial charge is 0.375 e. The van der Waals surface area contributed by atoms with Gasteiger partial charge in [-0.25, -0.2) is 4.39 Å². The number of benzene rings is 1. The molecule has 0 atom stereocenters. The lowest BCUT2D eigenvalue weighted by Gasteiger charge is -2.32. The fourth-order valence-corrected chi connectivity index (χ4v) is 2.44. The average molecular weight is 280 g/mol. The van der Waals surface area contributed by atoms with Crippen molar-refractivity contribution in [3.63, 3.8) is 0 Å². The van der Waals surface area contributed by atoms with Crippen molar-refractivity contribution in [2.75, 3.05) is 26.8 Å². The van der Waals surface area contributed by atoms with Gasteiger partial charge in [0.1, 0.15) is 12.4 Å². The van der Waals surface area contributed by atoms with E-state index < -0.39 is 0 Å². The Bertz CT molecular complexity index is 445. The van der Waals surface area contributed by atoms with Crippen LogP contribution in [-0.2, 0) is 16.1 Å². The molecular weight excluding hydrogens is 259 g/mol. The van der Waals surface area contributed by atoms with Gasteiger partial charge in [0.25, 0.3) is 0 Å². The van der Waals surface area contributed by atoms with E-state index in [4.69, 9.17) is 4.74 Å². The average Bonchev–Trinajstić information content (AvgIpc) is 2.47. The van der Waals surface area contributed by atoms with E-state index in [2.05, 4.69) is 5.32 Å². The maximum atomic E-state index is 13.5. The molecule has 1 aromatic rings. The summed E-state index contributed by atoms with van der Waals surface area (Å²) in [5, 5.41) is 3.36. The highest BCUT2D eigenvalue weighted by molar-refractivity contribution is 5.77. The first-order valence-corrected chi connectivity index (χ1v) is 6.94. The minimum absolute atomic E-state index is 0.0417. The number of halogens is 1. The molecule has 1 aliphatic heterocycles. The third-order valence-corrected chi connectivity index (χ3v) is 3.65. The van der Waals surface area contributed by atoms with Crippen LogP contribution in [0.3, 0.4) is 0 Å². The molecular formula is C15H21FN2O2. The predicted molar refractivity (Wildman–Crippen MR) is 74.7 cm³/mol. The Balaban J connectivity index is 1.75. The van der Waals surface area contributed by atoms with E-state index in [0.29, 0.717) is 18.2 Å². The number of methoxy groups -OCH3 is 1. The van der Waals surface area contributed by atoms with Gasteiger partial charge >= 0.3 is 0 Å².